The predicted octanol–water partition coefficient (Wildman–Crippen LogP) is 4.34. The molecule has 2 saturated heterocycles. The number of benzene rings is 1. The highest BCUT2D eigenvalue weighted by atomic mass is 127. The summed E-state index contributed by atoms with van der Waals surface area (Å²) in [6.07, 6.45) is 8.58. The van der Waals surface area contributed by atoms with Gasteiger partial charge in [-0.3, -0.25) is 20.0 Å². The first kappa shape index (κ1) is 24.4. The number of ether oxygens (including phenoxy) is 1. The van der Waals surface area contributed by atoms with Crippen molar-refractivity contribution in [2.24, 2.45) is 4.99 Å². The van der Waals surface area contributed by atoms with Crippen molar-refractivity contribution in [2.45, 2.75) is 75.9 Å². The Morgan fingerprint density at radius 3 is 2.70 bits per heavy atom. The minimum atomic E-state index is -0.383. The summed E-state index contributed by atoms with van der Waals surface area (Å²) in [4.78, 5) is 34.2. The van der Waals surface area contributed by atoms with Crippen LogP contribution in [-0.4, -0.2) is 66.0 Å². The van der Waals surface area contributed by atoms with Crippen LogP contribution in [0.2, 0.25) is 0 Å². The number of carbonyl (C=O) groups excluding carboxylic acids is 2. The molecule has 3 fully saturated rings. The van der Waals surface area contributed by atoms with Gasteiger partial charge in [-0.15, -0.1) is 0 Å². The first-order valence-corrected chi connectivity index (χ1v) is 13.3. The third-order valence-electron chi connectivity index (χ3n) is 7.28. The molecule has 4 rings (SSSR count). The summed E-state index contributed by atoms with van der Waals surface area (Å²) in [5, 5.41) is 3.14. The standard InChI is InChI=1S/C25H35IN4O3/c1-33-22(31)11-6-14-30-24(32)28-23(27-21-9-3-2-4-10-21)25(30)12-15-29(16-13-25)18-19-7-5-8-20(26)17-19/h5,7-8,17,21H,2-4,6,9-16,18H2,1H3,(H,27,28,32). The van der Waals surface area contributed by atoms with E-state index in [1.165, 1.54) is 35.5 Å². The van der Waals surface area contributed by atoms with Crippen LogP contribution in [0.4, 0.5) is 4.79 Å². The highest BCUT2D eigenvalue weighted by Gasteiger charge is 2.52. The zero-order valence-electron chi connectivity index (χ0n) is 19.5. The van der Waals surface area contributed by atoms with Crippen molar-refractivity contribution in [3.05, 3.63) is 33.4 Å². The molecule has 1 spiro atoms. The van der Waals surface area contributed by atoms with Crippen molar-refractivity contribution < 1.29 is 14.3 Å². The number of nitrogens with zero attached hydrogens (tertiary/aromatic N) is 3. The molecule has 1 N–H and O–H groups in total. The number of hydrogen-bond donors (Lipinski definition) is 1. The Hall–Kier alpha value is -1.68. The molecule has 1 aromatic carbocycles. The quantitative estimate of drug-likeness (QED) is 0.394. The summed E-state index contributed by atoms with van der Waals surface area (Å²) >= 11 is 2.36. The van der Waals surface area contributed by atoms with Gasteiger partial charge in [-0.2, -0.15) is 0 Å². The number of amides is 2. The van der Waals surface area contributed by atoms with Gasteiger partial charge in [-0.05, 0) is 72.4 Å². The van der Waals surface area contributed by atoms with Gasteiger partial charge in [-0.25, -0.2) is 4.79 Å². The van der Waals surface area contributed by atoms with Crippen LogP contribution < -0.4 is 5.32 Å². The van der Waals surface area contributed by atoms with Crippen LogP contribution in [0.15, 0.2) is 29.3 Å². The molecule has 0 atom stereocenters. The first-order valence-electron chi connectivity index (χ1n) is 12.2. The molecule has 0 radical (unpaired) electrons. The van der Waals surface area contributed by atoms with Crippen molar-refractivity contribution in [1.29, 1.82) is 0 Å². The molecule has 2 amide bonds. The number of carbonyl (C=O) groups is 2. The maximum atomic E-state index is 13.1. The van der Waals surface area contributed by atoms with Gasteiger partial charge in [0.25, 0.3) is 0 Å². The van der Waals surface area contributed by atoms with Crippen molar-refractivity contribution in [3.8, 4) is 0 Å². The second-order valence-corrected chi connectivity index (χ2v) is 10.7. The Labute approximate surface area is 210 Å². The summed E-state index contributed by atoms with van der Waals surface area (Å²) in [7, 11) is 1.41. The second kappa shape index (κ2) is 11.2. The lowest BCUT2D eigenvalue weighted by molar-refractivity contribution is -0.140. The summed E-state index contributed by atoms with van der Waals surface area (Å²) in [6.45, 7) is 3.29. The third-order valence-corrected chi connectivity index (χ3v) is 7.95. The lowest BCUT2D eigenvalue weighted by Crippen LogP contribution is -2.56. The van der Waals surface area contributed by atoms with Gasteiger partial charge < -0.3 is 9.64 Å². The number of methoxy groups -OCH3 is 1. The van der Waals surface area contributed by atoms with E-state index in [0.29, 0.717) is 25.4 Å². The minimum Gasteiger partial charge on any atom is -0.469 e. The first-order chi connectivity index (χ1) is 16.0. The van der Waals surface area contributed by atoms with Gasteiger partial charge in [-0.1, -0.05) is 31.4 Å². The van der Waals surface area contributed by atoms with Gasteiger partial charge in [0.05, 0.1) is 13.2 Å². The number of esters is 1. The monoisotopic (exact) mass is 566 g/mol. The Morgan fingerprint density at radius 1 is 1.24 bits per heavy atom. The zero-order chi connectivity index (χ0) is 23.3. The highest BCUT2D eigenvalue weighted by Crippen LogP contribution is 2.36. The summed E-state index contributed by atoms with van der Waals surface area (Å²) in [5.41, 5.74) is 0.941. The van der Waals surface area contributed by atoms with Crippen molar-refractivity contribution in [2.75, 3.05) is 26.7 Å². The maximum Gasteiger partial charge on any atom is 0.323 e. The molecule has 180 valence electrons. The van der Waals surface area contributed by atoms with E-state index in [9.17, 15) is 9.59 Å². The molecule has 2 aliphatic heterocycles. The number of halogens is 1. The molecule has 33 heavy (non-hydrogen) atoms. The topological polar surface area (TPSA) is 74.2 Å². The second-order valence-electron chi connectivity index (χ2n) is 9.47. The molecule has 2 heterocycles. The van der Waals surface area contributed by atoms with Crippen LogP contribution in [0.3, 0.4) is 0 Å². The van der Waals surface area contributed by atoms with Crippen molar-refractivity contribution in [1.82, 2.24) is 15.1 Å². The average Bonchev–Trinajstić information content (AvgIpc) is 3.06. The van der Waals surface area contributed by atoms with E-state index < -0.39 is 0 Å². The fourth-order valence-corrected chi connectivity index (χ4v) is 6.04. The van der Waals surface area contributed by atoms with Gasteiger partial charge in [0.1, 0.15) is 11.4 Å². The Balaban J connectivity index is 1.49. The number of likely N-dealkylation sites (tertiary alicyclic amines) is 1. The van der Waals surface area contributed by atoms with E-state index >= 15 is 0 Å². The molecule has 8 heteroatoms. The molecular weight excluding hydrogens is 531 g/mol. The molecule has 0 aromatic heterocycles. The summed E-state index contributed by atoms with van der Waals surface area (Å²) in [5.74, 6) is 0.637. The van der Waals surface area contributed by atoms with E-state index in [1.807, 2.05) is 4.90 Å². The third kappa shape index (κ3) is 5.88. The smallest absolute Gasteiger partial charge is 0.323 e. The SMILES string of the molecule is COC(=O)CCCN1C(=O)NC(=NC2CCCCC2)C12CCN(Cc1cccc(I)c1)CC2. The molecule has 0 bridgehead atoms. The molecule has 1 saturated carbocycles. The fraction of sp³-hybridized carbons (Fsp3) is 0.640. The molecule has 7 nitrogen and oxygen atoms in total. The number of piperidine rings is 1. The zero-order valence-corrected chi connectivity index (χ0v) is 21.7. The molecule has 0 unspecified atom stereocenters. The fourth-order valence-electron chi connectivity index (χ4n) is 5.43. The lowest BCUT2D eigenvalue weighted by atomic mass is 9.84. The van der Waals surface area contributed by atoms with Crippen LogP contribution in [-0.2, 0) is 16.1 Å². The largest absolute Gasteiger partial charge is 0.469 e. The Morgan fingerprint density at radius 2 is 2.00 bits per heavy atom. The van der Waals surface area contributed by atoms with E-state index in [0.717, 1.165) is 51.2 Å². The average molecular weight is 566 g/mol. The van der Waals surface area contributed by atoms with Crippen LogP contribution in [0.1, 0.15) is 63.4 Å². The van der Waals surface area contributed by atoms with Crippen molar-refractivity contribution >= 4 is 40.4 Å². The van der Waals surface area contributed by atoms with E-state index in [1.54, 1.807) is 0 Å². The molecule has 3 aliphatic rings. The number of nitrogens with one attached hydrogen (secondary N) is 1. The van der Waals surface area contributed by atoms with Crippen LogP contribution in [0, 0.1) is 3.57 Å². The lowest BCUT2D eigenvalue weighted by Gasteiger charge is -2.44. The van der Waals surface area contributed by atoms with Crippen LogP contribution in [0.25, 0.3) is 0 Å². The number of hydrogen-bond acceptors (Lipinski definition) is 5. The molecular formula is C25H35IN4O3. The van der Waals surface area contributed by atoms with Gasteiger partial charge in [0.15, 0.2) is 0 Å². The molecule has 1 aromatic rings. The normalized spacial score (nSPS) is 22.7. The van der Waals surface area contributed by atoms with Crippen LogP contribution >= 0.6 is 22.6 Å². The van der Waals surface area contributed by atoms with Crippen molar-refractivity contribution in [3.63, 3.8) is 0 Å². The van der Waals surface area contributed by atoms with E-state index in [2.05, 4.69) is 57.1 Å². The van der Waals surface area contributed by atoms with Crippen LogP contribution in [0.5, 0.6) is 0 Å². The highest BCUT2D eigenvalue weighted by molar-refractivity contribution is 14.1. The van der Waals surface area contributed by atoms with Gasteiger partial charge in [0.2, 0.25) is 0 Å². The number of rotatable bonds is 7. The Kier molecular flexibility index (Phi) is 8.27. The Bertz CT molecular complexity index is 876. The minimum absolute atomic E-state index is 0.0690. The number of urea groups is 1. The maximum absolute atomic E-state index is 13.1. The molecule has 1 aliphatic carbocycles. The van der Waals surface area contributed by atoms with Gasteiger partial charge in [0, 0.05) is 36.2 Å². The van der Waals surface area contributed by atoms with E-state index in [4.69, 9.17) is 9.73 Å². The summed E-state index contributed by atoms with van der Waals surface area (Å²) in [6, 6.07) is 8.89. The predicted molar refractivity (Wildman–Crippen MR) is 137 cm³/mol. The number of aliphatic imine (C=N–C) groups is 1. The summed E-state index contributed by atoms with van der Waals surface area (Å²) < 4.78 is 6.04. The van der Waals surface area contributed by atoms with Gasteiger partial charge >= 0.3 is 12.0 Å². The van der Waals surface area contributed by atoms with E-state index in [-0.39, 0.29) is 17.5 Å². The number of amidine groups is 1.